The van der Waals surface area contributed by atoms with E-state index in [0.29, 0.717) is 12.0 Å². The van der Waals surface area contributed by atoms with Gasteiger partial charge in [0.15, 0.2) is 5.75 Å². The molecule has 1 fully saturated rings. The van der Waals surface area contributed by atoms with Crippen molar-refractivity contribution in [2.24, 2.45) is 0 Å². The summed E-state index contributed by atoms with van der Waals surface area (Å²) in [5.74, 6) is -1.78. The van der Waals surface area contributed by atoms with Crippen LogP contribution in [-0.4, -0.2) is 37.7 Å². The van der Waals surface area contributed by atoms with Gasteiger partial charge in [-0.15, -0.1) is 0 Å². The van der Waals surface area contributed by atoms with Crippen LogP contribution >= 0.6 is 0 Å². The summed E-state index contributed by atoms with van der Waals surface area (Å²) in [5.41, 5.74) is 0.649. The number of alkyl halides is 3. The monoisotopic (exact) mass is 229 g/mol. The molecular weight excluding hydrogens is 219 g/mol. The highest BCUT2D eigenvalue weighted by Crippen LogP contribution is 2.23. The van der Waals surface area contributed by atoms with Crippen LogP contribution in [0.1, 0.15) is 6.42 Å². The second-order valence-corrected chi connectivity index (χ2v) is 5.17. The molecule has 0 aromatic carbocycles. The van der Waals surface area contributed by atoms with Gasteiger partial charge in [-0.3, -0.25) is 0 Å². The van der Waals surface area contributed by atoms with Crippen LogP contribution in [0.2, 0.25) is 0 Å². The van der Waals surface area contributed by atoms with Gasteiger partial charge in [0.2, 0.25) is 10.0 Å². The van der Waals surface area contributed by atoms with E-state index in [1.807, 2.05) is 0 Å². The standard InChI is InChI=1S/C7H10F3NO2S/c1-6-2-3-11(4-6)14(12,13)5-7(8,9)10/h1-5H2. The van der Waals surface area contributed by atoms with E-state index in [1.54, 1.807) is 0 Å². The minimum Gasteiger partial charge on any atom is -0.212 e. The van der Waals surface area contributed by atoms with E-state index in [-0.39, 0.29) is 13.1 Å². The third kappa shape index (κ3) is 2.98. The molecule has 0 saturated carbocycles. The first-order valence-electron chi connectivity index (χ1n) is 3.92. The molecule has 0 atom stereocenters. The van der Waals surface area contributed by atoms with Crippen molar-refractivity contribution in [3.8, 4) is 0 Å². The van der Waals surface area contributed by atoms with Gasteiger partial charge in [0.05, 0.1) is 0 Å². The minimum absolute atomic E-state index is 0.0123. The predicted molar refractivity (Wildman–Crippen MR) is 45.2 cm³/mol. The van der Waals surface area contributed by atoms with Crippen molar-refractivity contribution in [1.82, 2.24) is 4.31 Å². The van der Waals surface area contributed by atoms with Crippen LogP contribution in [0.5, 0.6) is 0 Å². The van der Waals surface area contributed by atoms with Crippen LogP contribution in [-0.2, 0) is 10.0 Å². The fourth-order valence-electron chi connectivity index (χ4n) is 1.23. The lowest BCUT2D eigenvalue weighted by molar-refractivity contribution is -0.106. The van der Waals surface area contributed by atoms with E-state index in [9.17, 15) is 21.6 Å². The maximum absolute atomic E-state index is 11.9. The largest absolute Gasteiger partial charge is 0.404 e. The van der Waals surface area contributed by atoms with Gasteiger partial charge in [0.1, 0.15) is 0 Å². The van der Waals surface area contributed by atoms with E-state index in [1.165, 1.54) is 0 Å². The molecule has 0 unspecified atom stereocenters. The fraction of sp³-hybridized carbons (Fsp3) is 0.714. The Morgan fingerprint density at radius 3 is 2.36 bits per heavy atom. The summed E-state index contributed by atoms with van der Waals surface area (Å²) in [6.07, 6.45) is -4.24. The van der Waals surface area contributed by atoms with E-state index < -0.39 is 22.0 Å². The minimum atomic E-state index is -4.68. The first kappa shape index (κ1) is 11.5. The molecule has 0 amide bonds. The number of hydrogen-bond donors (Lipinski definition) is 0. The lowest BCUT2D eigenvalue weighted by Gasteiger charge is -2.16. The molecule has 3 nitrogen and oxygen atoms in total. The average molecular weight is 229 g/mol. The normalized spacial score (nSPS) is 20.4. The van der Waals surface area contributed by atoms with Gasteiger partial charge in [-0.05, 0) is 6.42 Å². The van der Waals surface area contributed by atoms with Crippen molar-refractivity contribution >= 4 is 10.0 Å². The zero-order valence-electron chi connectivity index (χ0n) is 7.34. The van der Waals surface area contributed by atoms with Crippen LogP contribution in [0, 0.1) is 0 Å². The number of halogens is 3. The van der Waals surface area contributed by atoms with Gasteiger partial charge in [-0.1, -0.05) is 12.2 Å². The molecule has 1 aliphatic heterocycles. The molecule has 0 radical (unpaired) electrons. The highest BCUT2D eigenvalue weighted by molar-refractivity contribution is 7.89. The predicted octanol–water partition coefficient (Wildman–Crippen LogP) is 1.14. The van der Waals surface area contributed by atoms with Crippen LogP contribution in [0.4, 0.5) is 13.2 Å². The number of hydrogen-bond acceptors (Lipinski definition) is 2. The second-order valence-electron chi connectivity index (χ2n) is 3.20. The van der Waals surface area contributed by atoms with Crippen LogP contribution in [0.25, 0.3) is 0 Å². The zero-order chi connectivity index (χ0) is 11.0. The maximum atomic E-state index is 11.9. The highest BCUT2D eigenvalue weighted by atomic mass is 32.2. The van der Waals surface area contributed by atoms with Crippen molar-refractivity contribution in [2.45, 2.75) is 12.6 Å². The molecule has 0 aliphatic carbocycles. The summed E-state index contributed by atoms with van der Waals surface area (Å²) in [7, 11) is -4.20. The number of nitrogens with zero attached hydrogens (tertiary/aromatic N) is 1. The SMILES string of the molecule is C=C1CCN(S(=O)(=O)CC(F)(F)F)C1. The molecule has 0 N–H and O–H groups in total. The zero-order valence-corrected chi connectivity index (χ0v) is 8.16. The Kier molecular flexibility index (Phi) is 2.91. The molecule has 0 spiro atoms. The molecule has 1 aliphatic rings. The van der Waals surface area contributed by atoms with E-state index in [4.69, 9.17) is 0 Å². The molecule has 1 heterocycles. The van der Waals surface area contributed by atoms with Crippen molar-refractivity contribution in [3.05, 3.63) is 12.2 Å². The van der Waals surface area contributed by atoms with Crippen molar-refractivity contribution in [3.63, 3.8) is 0 Å². The van der Waals surface area contributed by atoms with Crippen LogP contribution in [0.15, 0.2) is 12.2 Å². The molecule has 0 aromatic heterocycles. The summed E-state index contributed by atoms with van der Waals surface area (Å²) in [5, 5.41) is 0. The molecule has 7 heteroatoms. The first-order valence-corrected chi connectivity index (χ1v) is 5.53. The second kappa shape index (κ2) is 3.54. The fourth-order valence-corrected chi connectivity index (χ4v) is 2.57. The Labute approximate surface area is 80.3 Å². The van der Waals surface area contributed by atoms with Crippen molar-refractivity contribution in [2.75, 3.05) is 18.8 Å². The molecule has 1 rings (SSSR count). The summed E-state index contributed by atoms with van der Waals surface area (Å²) >= 11 is 0. The Bertz CT molecular complexity index is 333. The van der Waals surface area contributed by atoms with Crippen molar-refractivity contribution < 1.29 is 21.6 Å². The Morgan fingerprint density at radius 1 is 1.43 bits per heavy atom. The smallest absolute Gasteiger partial charge is 0.212 e. The summed E-state index contributed by atoms with van der Waals surface area (Å²) < 4.78 is 58.8. The molecule has 1 saturated heterocycles. The number of rotatable bonds is 2. The van der Waals surface area contributed by atoms with Gasteiger partial charge >= 0.3 is 6.18 Å². The van der Waals surface area contributed by atoms with Crippen molar-refractivity contribution in [1.29, 1.82) is 0 Å². The summed E-state index contributed by atoms with van der Waals surface area (Å²) in [4.78, 5) is 0. The third-order valence-electron chi connectivity index (χ3n) is 1.85. The first-order chi connectivity index (χ1) is 6.21. The van der Waals surface area contributed by atoms with Crippen LogP contribution < -0.4 is 0 Å². The summed E-state index contributed by atoms with van der Waals surface area (Å²) in [6.45, 7) is 3.65. The molecule has 0 aromatic rings. The average Bonchev–Trinajstić information content (AvgIpc) is 2.29. The van der Waals surface area contributed by atoms with Gasteiger partial charge < -0.3 is 0 Å². The lowest BCUT2D eigenvalue weighted by Crippen LogP contribution is -2.36. The Hall–Kier alpha value is -0.560. The maximum Gasteiger partial charge on any atom is 0.404 e. The highest BCUT2D eigenvalue weighted by Gasteiger charge is 2.39. The van der Waals surface area contributed by atoms with Crippen LogP contribution in [0.3, 0.4) is 0 Å². The number of sulfonamides is 1. The van der Waals surface area contributed by atoms with E-state index >= 15 is 0 Å². The molecule has 0 bridgehead atoms. The molecular formula is C7H10F3NO2S. The van der Waals surface area contributed by atoms with E-state index in [0.717, 1.165) is 4.31 Å². The quantitative estimate of drug-likeness (QED) is 0.666. The van der Waals surface area contributed by atoms with Gasteiger partial charge in [-0.2, -0.15) is 17.5 Å². The molecule has 14 heavy (non-hydrogen) atoms. The van der Waals surface area contributed by atoms with Gasteiger partial charge in [-0.25, -0.2) is 8.42 Å². The summed E-state index contributed by atoms with van der Waals surface area (Å²) in [6, 6.07) is 0. The topological polar surface area (TPSA) is 37.4 Å². The van der Waals surface area contributed by atoms with Gasteiger partial charge in [0.25, 0.3) is 0 Å². The van der Waals surface area contributed by atoms with Gasteiger partial charge in [0, 0.05) is 13.1 Å². The lowest BCUT2D eigenvalue weighted by atomic mass is 10.3. The Balaban J connectivity index is 2.72. The molecule has 82 valence electrons. The third-order valence-corrected chi connectivity index (χ3v) is 3.64. The van der Waals surface area contributed by atoms with E-state index in [2.05, 4.69) is 6.58 Å². The Morgan fingerprint density at radius 2 is 2.00 bits per heavy atom.